The first-order valence-corrected chi connectivity index (χ1v) is 9.66. The lowest BCUT2D eigenvalue weighted by molar-refractivity contribution is -0.125. The van der Waals surface area contributed by atoms with Crippen molar-refractivity contribution in [3.63, 3.8) is 0 Å². The summed E-state index contributed by atoms with van der Waals surface area (Å²) in [4.78, 5) is 24.5. The lowest BCUT2D eigenvalue weighted by Crippen LogP contribution is -2.34. The Morgan fingerprint density at radius 1 is 1.27 bits per heavy atom. The molecule has 1 heterocycles. The van der Waals surface area contributed by atoms with Gasteiger partial charge in [-0.1, -0.05) is 6.92 Å². The zero-order chi connectivity index (χ0) is 15.9. The molecule has 0 spiro atoms. The number of carbonyl (C=O) groups is 2. The minimum absolute atomic E-state index is 0.0291. The highest BCUT2D eigenvalue weighted by Gasteiger charge is 2.25. The molecular formula is C16H24N2O2S2. The van der Waals surface area contributed by atoms with Gasteiger partial charge < -0.3 is 10.6 Å². The van der Waals surface area contributed by atoms with Crippen molar-refractivity contribution in [3.05, 3.63) is 17.0 Å². The van der Waals surface area contributed by atoms with Crippen LogP contribution in [0, 0.1) is 11.8 Å². The van der Waals surface area contributed by atoms with E-state index in [1.54, 1.807) is 30.1 Å². The number of thiophene rings is 1. The van der Waals surface area contributed by atoms with Gasteiger partial charge in [0.1, 0.15) is 0 Å². The van der Waals surface area contributed by atoms with E-state index in [-0.39, 0.29) is 17.7 Å². The Morgan fingerprint density at radius 2 is 2.00 bits per heavy atom. The van der Waals surface area contributed by atoms with Gasteiger partial charge in [-0.3, -0.25) is 9.59 Å². The summed E-state index contributed by atoms with van der Waals surface area (Å²) in [6.45, 7) is 2.83. The number of amides is 2. The van der Waals surface area contributed by atoms with E-state index in [2.05, 4.69) is 17.6 Å². The third-order valence-corrected chi connectivity index (χ3v) is 6.30. The molecule has 0 atom stereocenters. The van der Waals surface area contributed by atoms with Crippen LogP contribution < -0.4 is 10.6 Å². The fourth-order valence-electron chi connectivity index (χ4n) is 2.82. The molecule has 0 saturated heterocycles. The SMILES string of the molecule is CCSc1ccc(C(=O)NCC2CCC(C(=O)NC)CC2)s1. The fourth-order valence-corrected chi connectivity index (χ4v) is 4.78. The van der Waals surface area contributed by atoms with E-state index in [1.807, 2.05) is 12.1 Å². The van der Waals surface area contributed by atoms with Crippen LogP contribution in [0.4, 0.5) is 0 Å². The van der Waals surface area contributed by atoms with Gasteiger partial charge in [-0.2, -0.15) is 0 Å². The first kappa shape index (κ1) is 17.3. The molecule has 2 rings (SSSR count). The maximum Gasteiger partial charge on any atom is 0.261 e. The molecule has 1 aliphatic rings. The molecule has 0 bridgehead atoms. The highest BCUT2D eigenvalue weighted by Crippen LogP contribution is 2.29. The van der Waals surface area contributed by atoms with Gasteiger partial charge >= 0.3 is 0 Å². The average Bonchev–Trinajstić information content (AvgIpc) is 3.01. The molecule has 2 amide bonds. The van der Waals surface area contributed by atoms with E-state index >= 15 is 0 Å². The van der Waals surface area contributed by atoms with Gasteiger partial charge in [0.2, 0.25) is 5.91 Å². The van der Waals surface area contributed by atoms with Crippen molar-refractivity contribution >= 4 is 34.9 Å². The van der Waals surface area contributed by atoms with E-state index in [9.17, 15) is 9.59 Å². The Morgan fingerprint density at radius 3 is 2.64 bits per heavy atom. The maximum atomic E-state index is 12.1. The van der Waals surface area contributed by atoms with Gasteiger partial charge in [-0.15, -0.1) is 23.1 Å². The Balaban J connectivity index is 1.74. The van der Waals surface area contributed by atoms with Crippen LogP contribution in [0.5, 0.6) is 0 Å². The number of hydrogen-bond acceptors (Lipinski definition) is 4. The molecule has 0 unspecified atom stereocenters. The van der Waals surface area contributed by atoms with Crippen molar-refractivity contribution in [3.8, 4) is 0 Å². The molecule has 0 aliphatic heterocycles. The van der Waals surface area contributed by atoms with Crippen LogP contribution in [-0.4, -0.2) is 31.2 Å². The fraction of sp³-hybridized carbons (Fsp3) is 0.625. The lowest BCUT2D eigenvalue weighted by atomic mass is 9.81. The second-order valence-electron chi connectivity index (χ2n) is 5.59. The van der Waals surface area contributed by atoms with Crippen LogP contribution in [0.2, 0.25) is 0 Å². The van der Waals surface area contributed by atoms with Crippen molar-refractivity contribution < 1.29 is 9.59 Å². The number of nitrogens with one attached hydrogen (secondary N) is 2. The Kier molecular flexibility index (Phi) is 6.76. The van der Waals surface area contributed by atoms with Gasteiger partial charge in [0.15, 0.2) is 0 Å². The van der Waals surface area contributed by atoms with Crippen molar-refractivity contribution in [1.82, 2.24) is 10.6 Å². The maximum absolute atomic E-state index is 12.1. The molecule has 2 N–H and O–H groups in total. The van der Waals surface area contributed by atoms with Gasteiger partial charge in [-0.05, 0) is 49.5 Å². The van der Waals surface area contributed by atoms with Crippen molar-refractivity contribution in [2.45, 2.75) is 36.8 Å². The molecule has 22 heavy (non-hydrogen) atoms. The first-order chi connectivity index (χ1) is 10.6. The predicted octanol–water partition coefficient (Wildman–Crippen LogP) is 3.14. The summed E-state index contributed by atoms with van der Waals surface area (Å²) >= 11 is 3.32. The summed E-state index contributed by atoms with van der Waals surface area (Å²) in [5, 5.41) is 5.77. The number of rotatable bonds is 6. The van der Waals surface area contributed by atoms with E-state index in [0.717, 1.165) is 36.3 Å². The Labute approximate surface area is 140 Å². The van der Waals surface area contributed by atoms with Gasteiger partial charge in [0.05, 0.1) is 9.09 Å². The topological polar surface area (TPSA) is 58.2 Å². The standard InChI is InChI=1S/C16H24N2O2S2/c1-3-21-14-9-8-13(22-14)16(20)18-10-11-4-6-12(7-5-11)15(19)17-2/h8-9,11-12H,3-7,10H2,1-2H3,(H,17,19)(H,18,20). The summed E-state index contributed by atoms with van der Waals surface area (Å²) < 4.78 is 1.19. The first-order valence-electron chi connectivity index (χ1n) is 7.86. The van der Waals surface area contributed by atoms with Gasteiger partial charge in [0.25, 0.3) is 5.91 Å². The van der Waals surface area contributed by atoms with Crippen molar-refractivity contribution in [2.75, 3.05) is 19.3 Å². The predicted molar refractivity (Wildman–Crippen MR) is 92.6 cm³/mol. The second kappa shape index (κ2) is 8.58. The lowest BCUT2D eigenvalue weighted by Gasteiger charge is -2.27. The summed E-state index contributed by atoms with van der Waals surface area (Å²) in [5.74, 6) is 1.86. The molecule has 122 valence electrons. The van der Waals surface area contributed by atoms with Crippen LogP contribution >= 0.6 is 23.1 Å². The van der Waals surface area contributed by atoms with Gasteiger partial charge in [0, 0.05) is 19.5 Å². The van der Waals surface area contributed by atoms with Crippen LogP contribution in [0.3, 0.4) is 0 Å². The van der Waals surface area contributed by atoms with Crippen LogP contribution in [-0.2, 0) is 4.79 Å². The number of thioether (sulfide) groups is 1. The van der Waals surface area contributed by atoms with Crippen molar-refractivity contribution in [1.29, 1.82) is 0 Å². The minimum Gasteiger partial charge on any atom is -0.359 e. The second-order valence-corrected chi connectivity index (χ2v) is 8.24. The summed E-state index contributed by atoms with van der Waals surface area (Å²) in [6, 6.07) is 3.92. The van der Waals surface area contributed by atoms with E-state index < -0.39 is 0 Å². The monoisotopic (exact) mass is 340 g/mol. The van der Waals surface area contributed by atoms with Gasteiger partial charge in [-0.25, -0.2) is 0 Å². The third-order valence-electron chi connectivity index (χ3n) is 4.11. The summed E-state index contributed by atoms with van der Waals surface area (Å²) in [5.41, 5.74) is 0. The van der Waals surface area contributed by atoms with Crippen LogP contribution in [0.25, 0.3) is 0 Å². The molecule has 0 radical (unpaired) electrons. The van der Waals surface area contributed by atoms with E-state index in [1.165, 1.54) is 4.21 Å². The quantitative estimate of drug-likeness (QED) is 0.782. The Bertz CT molecular complexity index is 508. The molecule has 0 aromatic carbocycles. The van der Waals surface area contributed by atoms with Crippen LogP contribution in [0.1, 0.15) is 42.3 Å². The molecule has 4 nitrogen and oxygen atoms in total. The summed E-state index contributed by atoms with van der Waals surface area (Å²) in [7, 11) is 1.70. The molecule has 1 saturated carbocycles. The molecule has 1 aliphatic carbocycles. The zero-order valence-electron chi connectivity index (χ0n) is 13.2. The summed E-state index contributed by atoms with van der Waals surface area (Å²) in [6.07, 6.45) is 3.88. The van der Waals surface area contributed by atoms with E-state index in [4.69, 9.17) is 0 Å². The minimum atomic E-state index is 0.0291. The molecule has 1 aromatic rings. The zero-order valence-corrected chi connectivity index (χ0v) is 14.8. The molecule has 1 fully saturated rings. The normalized spacial score (nSPS) is 21.4. The Hall–Kier alpha value is -1.01. The van der Waals surface area contributed by atoms with Crippen molar-refractivity contribution in [2.24, 2.45) is 11.8 Å². The molecule has 1 aromatic heterocycles. The average molecular weight is 341 g/mol. The molecular weight excluding hydrogens is 316 g/mol. The number of carbonyl (C=O) groups excluding carboxylic acids is 2. The molecule has 6 heteroatoms. The van der Waals surface area contributed by atoms with Crippen LogP contribution in [0.15, 0.2) is 16.3 Å². The van der Waals surface area contributed by atoms with E-state index in [0.29, 0.717) is 12.5 Å². The largest absolute Gasteiger partial charge is 0.359 e. The highest BCUT2D eigenvalue weighted by molar-refractivity contribution is 8.01. The number of hydrogen-bond donors (Lipinski definition) is 2. The smallest absolute Gasteiger partial charge is 0.261 e. The third kappa shape index (κ3) is 4.74. The highest BCUT2D eigenvalue weighted by atomic mass is 32.2.